The number of carbonyl (C=O) groups is 2. The molecule has 0 radical (unpaired) electrons. The van der Waals surface area contributed by atoms with E-state index in [-0.39, 0.29) is 18.2 Å². The lowest BCUT2D eigenvalue weighted by atomic mass is 10.1. The molecular weight excluding hydrogens is 372 g/mol. The van der Waals surface area contributed by atoms with E-state index in [0.29, 0.717) is 37.2 Å². The van der Waals surface area contributed by atoms with Crippen molar-refractivity contribution >= 4 is 22.8 Å². The summed E-state index contributed by atoms with van der Waals surface area (Å²) in [5, 5.41) is 10.5. The molecule has 0 saturated carbocycles. The molecule has 1 aromatic carbocycles. The third-order valence-electron chi connectivity index (χ3n) is 5.06. The number of benzene rings is 1. The molecule has 2 amide bonds. The van der Waals surface area contributed by atoms with Crippen LogP contribution in [0.25, 0.3) is 11.0 Å². The first-order valence-corrected chi connectivity index (χ1v) is 9.47. The number of aromatic nitrogens is 3. The Kier molecular flexibility index (Phi) is 5.48. The Bertz CT molecular complexity index is 1010. The van der Waals surface area contributed by atoms with Gasteiger partial charge in [-0.15, -0.1) is 0 Å². The van der Waals surface area contributed by atoms with Gasteiger partial charge in [0.25, 0.3) is 0 Å². The van der Waals surface area contributed by atoms with Crippen LogP contribution < -0.4 is 5.32 Å². The number of hydrogen-bond acceptors (Lipinski definition) is 7. The Hall–Kier alpha value is -3.33. The maximum Gasteiger partial charge on any atom is 0.237 e. The largest absolute Gasteiger partial charge is 0.353 e. The average Bonchev–Trinajstić information content (AvgIpc) is 3.19. The fraction of sp³-hybridized carbons (Fsp3) is 0.350. The average molecular weight is 394 g/mol. The van der Waals surface area contributed by atoms with Crippen molar-refractivity contribution in [2.24, 2.45) is 0 Å². The number of fused-ring (bicyclic) bond motifs is 1. The molecule has 4 rings (SSSR count). The van der Waals surface area contributed by atoms with Crippen molar-refractivity contribution in [3.05, 3.63) is 53.9 Å². The number of nitrogens with one attached hydrogen (secondary N) is 1. The first-order chi connectivity index (χ1) is 14.1. The van der Waals surface area contributed by atoms with Gasteiger partial charge in [-0.3, -0.25) is 19.5 Å². The highest BCUT2D eigenvalue weighted by Crippen LogP contribution is 2.16. The zero-order valence-electron chi connectivity index (χ0n) is 16.1. The molecule has 1 unspecified atom stereocenters. The summed E-state index contributed by atoms with van der Waals surface area (Å²) in [4.78, 5) is 33.3. The monoisotopic (exact) mass is 394 g/mol. The number of pyridine rings is 1. The van der Waals surface area contributed by atoms with Crippen LogP contribution in [0.3, 0.4) is 0 Å². The van der Waals surface area contributed by atoms with Gasteiger partial charge < -0.3 is 10.2 Å². The molecule has 3 heterocycles. The molecule has 1 aliphatic heterocycles. The second-order valence-electron chi connectivity index (χ2n) is 7.14. The molecule has 1 fully saturated rings. The van der Waals surface area contributed by atoms with E-state index in [9.17, 15) is 9.59 Å². The highest BCUT2D eigenvalue weighted by atomic mass is 16.6. The summed E-state index contributed by atoms with van der Waals surface area (Å²) >= 11 is 0. The predicted octanol–water partition coefficient (Wildman–Crippen LogP) is 0.967. The van der Waals surface area contributed by atoms with Crippen molar-refractivity contribution in [1.29, 1.82) is 0 Å². The number of amides is 2. The Morgan fingerprint density at radius 3 is 2.97 bits per heavy atom. The molecule has 1 N–H and O–H groups in total. The van der Waals surface area contributed by atoms with Gasteiger partial charge in [0.15, 0.2) is 0 Å². The Morgan fingerprint density at radius 2 is 2.14 bits per heavy atom. The zero-order chi connectivity index (χ0) is 20.2. The highest BCUT2D eigenvalue weighted by Gasteiger charge is 2.32. The van der Waals surface area contributed by atoms with Crippen LogP contribution in [0.5, 0.6) is 0 Å². The lowest BCUT2D eigenvalue weighted by molar-refractivity contribution is -0.138. The topological polar surface area (TPSA) is 104 Å². The minimum Gasteiger partial charge on any atom is -0.353 e. The Balaban J connectivity index is 1.41. The number of hydrogen-bond donors (Lipinski definition) is 1. The minimum absolute atomic E-state index is 0.101. The SMILES string of the molecule is CN(Cc1ccc2nonc2c1)C(=O)CC1C(=O)NCCN1Cc1ccccn1. The van der Waals surface area contributed by atoms with E-state index in [1.54, 1.807) is 18.1 Å². The standard InChI is InChI=1S/C20H22N6O3/c1-25(12-14-5-6-16-17(10-14)24-29-23-16)19(27)11-18-20(28)22-8-9-26(18)13-15-4-2-3-7-21-15/h2-7,10,18H,8-9,11-13H2,1H3,(H,22,28). The van der Waals surface area contributed by atoms with Crippen LogP contribution in [-0.4, -0.2) is 63.1 Å². The van der Waals surface area contributed by atoms with Gasteiger partial charge in [-0.2, -0.15) is 0 Å². The summed E-state index contributed by atoms with van der Waals surface area (Å²) in [5.41, 5.74) is 3.12. The van der Waals surface area contributed by atoms with Crippen molar-refractivity contribution in [3.8, 4) is 0 Å². The Labute approximate surface area is 167 Å². The zero-order valence-corrected chi connectivity index (χ0v) is 16.1. The minimum atomic E-state index is -0.511. The summed E-state index contributed by atoms with van der Waals surface area (Å²) in [7, 11) is 1.73. The summed E-state index contributed by atoms with van der Waals surface area (Å²) in [6, 6.07) is 10.7. The van der Waals surface area contributed by atoms with E-state index < -0.39 is 6.04 Å². The molecule has 0 aliphatic carbocycles. The van der Waals surface area contributed by atoms with Crippen LogP contribution in [0.2, 0.25) is 0 Å². The molecule has 29 heavy (non-hydrogen) atoms. The molecule has 1 aliphatic rings. The van der Waals surface area contributed by atoms with Gasteiger partial charge in [0, 0.05) is 39.4 Å². The Morgan fingerprint density at radius 1 is 1.28 bits per heavy atom. The maximum absolute atomic E-state index is 12.8. The van der Waals surface area contributed by atoms with Gasteiger partial charge in [0.1, 0.15) is 11.0 Å². The molecule has 3 aromatic rings. The van der Waals surface area contributed by atoms with Crippen LogP contribution >= 0.6 is 0 Å². The number of nitrogens with zero attached hydrogens (tertiary/aromatic N) is 5. The van der Waals surface area contributed by atoms with Crippen molar-refractivity contribution in [1.82, 2.24) is 30.4 Å². The van der Waals surface area contributed by atoms with E-state index in [2.05, 4.69) is 20.6 Å². The molecule has 9 heteroatoms. The van der Waals surface area contributed by atoms with Crippen LogP contribution in [0.1, 0.15) is 17.7 Å². The molecule has 1 saturated heterocycles. The van der Waals surface area contributed by atoms with E-state index >= 15 is 0 Å². The number of rotatable bonds is 6. The lowest BCUT2D eigenvalue weighted by Crippen LogP contribution is -2.56. The fourth-order valence-corrected chi connectivity index (χ4v) is 3.48. The normalized spacial score (nSPS) is 17.3. The van der Waals surface area contributed by atoms with Crippen molar-refractivity contribution in [3.63, 3.8) is 0 Å². The molecule has 0 spiro atoms. The van der Waals surface area contributed by atoms with Gasteiger partial charge in [-0.05, 0) is 40.1 Å². The molecule has 2 aromatic heterocycles. The van der Waals surface area contributed by atoms with E-state index in [1.807, 2.05) is 41.3 Å². The highest BCUT2D eigenvalue weighted by molar-refractivity contribution is 5.88. The summed E-state index contributed by atoms with van der Waals surface area (Å²) in [5.74, 6) is -0.222. The van der Waals surface area contributed by atoms with Crippen LogP contribution in [0, 0.1) is 0 Å². The quantitative estimate of drug-likeness (QED) is 0.664. The van der Waals surface area contributed by atoms with Gasteiger partial charge >= 0.3 is 0 Å². The first kappa shape index (κ1) is 19.0. The second kappa shape index (κ2) is 8.36. The number of piperazine rings is 1. The van der Waals surface area contributed by atoms with Crippen LogP contribution in [-0.2, 0) is 22.7 Å². The first-order valence-electron chi connectivity index (χ1n) is 9.47. The molecule has 0 bridgehead atoms. The molecule has 9 nitrogen and oxygen atoms in total. The van der Waals surface area contributed by atoms with Gasteiger partial charge in [-0.1, -0.05) is 12.1 Å². The summed E-state index contributed by atoms with van der Waals surface area (Å²) < 4.78 is 4.71. The molecular formula is C20H22N6O3. The van der Waals surface area contributed by atoms with Crippen LogP contribution in [0.4, 0.5) is 0 Å². The van der Waals surface area contributed by atoms with E-state index in [0.717, 1.165) is 11.3 Å². The van der Waals surface area contributed by atoms with Gasteiger partial charge in [0.2, 0.25) is 11.8 Å². The van der Waals surface area contributed by atoms with E-state index in [1.165, 1.54) is 0 Å². The third kappa shape index (κ3) is 4.40. The van der Waals surface area contributed by atoms with Crippen LogP contribution in [0.15, 0.2) is 47.2 Å². The smallest absolute Gasteiger partial charge is 0.237 e. The second-order valence-corrected chi connectivity index (χ2v) is 7.14. The van der Waals surface area contributed by atoms with Crippen molar-refractivity contribution in [2.45, 2.75) is 25.6 Å². The van der Waals surface area contributed by atoms with Gasteiger partial charge in [0.05, 0.1) is 18.2 Å². The fourth-order valence-electron chi connectivity index (χ4n) is 3.48. The van der Waals surface area contributed by atoms with Gasteiger partial charge in [-0.25, -0.2) is 4.63 Å². The summed E-state index contributed by atoms with van der Waals surface area (Å²) in [6.45, 7) is 2.19. The maximum atomic E-state index is 12.8. The van der Waals surface area contributed by atoms with Crippen molar-refractivity contribution < 1.29 is 14.2 Å². The molecule has 150 valence electrons. The molecule has 1 atom stereocenters. The van der Waals surface area contributed by atoms with Crippen molar-refractivity contribution in [2.75, 3.05) is 20.1 Å². The third-order valence-corrected chi connectivity index (χ3v) is 5.06. The lowest BCUT2D eigenvalue weighted by Gasteiger charge is -2.35. The summed E-state index contributed by atoms with van der Waals surface area (Å²) in [6.07, 6.45) is 1.84. The number of carbonyl (C=O) groups excluding carboxylic acids is 2. The predicted molar refractivity (Wildman–Crippen MR) is 104 cm³/mol. The van der Waals surface area contributed by atoms with E-state index in [4.69, 9.17) is 4.63 Å².